The number of anilines is 1. The van der Waals surface area contributed by atoms with Crippen molar-refractivity contribution in [2.24, 2.45) is 7.05 Å². The molecule has 0 spiro atoms. The number of rotatable bonds is 6. The van der Waals surface area contributed by atoms with E-state index in [4.69, 9.17) is 4.74 Å². The molecule has 154 valence electrons. The van der Waals surface area contributed by atoms with Gasteiger partial charge in [0.15, 0.2) is 0 Å². The summed E-state index contributed by atoms with van der Waals surface area (Å²) in [6.07, 6.45) is 8.50. The van der Waals surface area contributed by atoms with E-state index < -0.39 is 10.0 Å². The third kappa shape index (κ3) is 3.18. The Morgan fingerprint density at radius 2 is 2.00 bits per heavy atom. The molecular weight excluding hydrogens is 404 g/mol. The van der Waals surface area contributed by atoms with Gasteiger partial charge in [-0.15, -0.1) is 0 Å². The van der Waals surface area contributed by atoms with Gasteiger partial charge in [0.25, 0.3) is 10.0 Å². The molecule has 3 heterocycles. The lowest BCUT2D eigenvalue weighted by Crippen LogP contribution is -2.14. The van der Waals surface area contributed by atoms with Crippen molar-refractivity contribution in [1.29, 1.82) is 0 Å². The number of sulfonamides is 1. The van der Waals surface area contributed by atoms with Crippen molar-refractivity contribution in [1.82, 2.24) is 24.5 Å². The maximum Gasteiger partial charge on any atom is 0.265 e. The molecule has 0 radical (unpaired) electrons. The number of aryl methyl sites for hydroxylation is 1. The SMILES string of the molecule is COc1ccc2cnn(C)c2c1NS(=O)(=O)c1cnn(-c2ccnc(C3CC3)c2)c1. The standard InChI is InChI=1S/C20H20N6O3S/c1-25-20-14(10-22-25)5-6-18(29-2)19(20)24-30(27,28)16-11-23-26(12-16)15-7-8-21-17(9-15)13-3-4-13/h5-13,24H,3-4H2,1-2H3. The van der Waals surface area contributed by atoms with Gasteiger partial charge in [0.05, 0.1) is 36.9 Å². The van der Waals surface area contributed by atoms with Crippen LogP contribution in [0.25, 0.3) is 16.6 Å². The lowest BCUT2D eigenvalue weighted by atomic mass is 10.2. The van der Waals surface area contributed by atoms with E-state index >= 15 is 0 Å². The van der Waals surface area contributed by atoms with Crippen LogP contribution in [-0.2, 0) is 17.1 Å². The minimum Gasteiger partial charge on any atom is -0.494 e. The monoisotopic (exact) mass is 424 g/mol. The Morgan fingerprint density at radius 1 is 1.17 bits per heavy atom. The van der Waals surface area contributed by atoms with Crippen LogP contribution in [-0.4, -0.2) is 40.1 Å². The van der Waals surface area contributed by atoms with Crippen molar-refractivity contribution in [3.63, 3.8) is 0 Å². The van der Waals surface area contributed by atoms with Gasteiger partial charge in [-0.2, -0.15) is 10.2 Å². The van der Waals surface area contributed by atoms with E-state index in [1.165, 1.54) is 19.5 Å². The van der Waals surface area contributed by atoms with Crippen molar-refractivity contribution in [2.75, 3.05) is 11.8 Å². The summed E-state index contributed by atoms with van der Waals surface area (Å²) < 4.78 is 37.4. The molecule has 0 amide bonds. The molecule has 1 N–H and O–H groups in total. The van der Waals surface area contributed by atoms with Crippen LogP contribution in [0.4, 0.5) is 5.69 Å². The van der Waals surface area contributed by atoms with Gasteiger partial charge in [0, 0.05) is 30.2 Å². The maximum atomic E-state index is 13.1. The molecule has 1 fully saturated rings. The van der Waals surface area contributed by atoms with Gasteiger partial charge in [-0.25, -0.2) is 13.1 Å². The van der Waals surface area contributed by atoms with Crippen LogP contribution in [0.1, 0.15) is 24.5 Å². The highest BCUT2D eigenvalue weighted by Gasteiger charge is 2.26. The van der Waals surface area contributed by atoms with Gasteiger partial charge in [-0.3, -0.25) is 14.4 Å². The van der Waals surface area contributed by atoms with Crippen molar-refractivity contribution in [3.8, 4) is 11.4 Å². The number of hydrogen-bond acceptors (Lipinski definition) is 6. The van der Waals surface area contributed by atoms with Crippen molar-refractivity contribution in [3.05, 3.63) is 54.7 Å². The molecule has 1 aliphatic carbocycles. The molecule has 5 rings (SSSR count). The van der Waals surface area contributed by atoms with Crippen molar-refractivity contribution >= 4 is 26.6 Å². The number of nitrogens with zero attached hydrogens (tertiary/aromatic N) is 5. The molecule has 10 heteroatoms. The summed E-state index contributed by atoms with van der Waals surface area (Å²) in [5, 5.41) is 9.26. The number of aromatic nitrogens is 5. The quantitative estimate of drug-likeness (QED) is 0.510. The Kier molecular flexibility index (Phi) is 4.24. The second-order valence-electron chi connectivity index (χ2n) is 7.29. The fourth-order valence-corrected chi connectivity index (χ4v) is 4.49. The van der Waals surface area contributed by atoms with Crippen LogP contribution in [0.15, 0.2) is 53.9 Å². The topological polar surface area (TPSA) is 104 Å². The van der Waals surface area contributed by atoms with Crippen molar-refractivity contribution < 1.29 is 13.2 Å². The molecule has 3 aromatic heterocycles. The van der Waals surface area contributed by atoms with Crippen LogP contribution in [0.3, 0.4) is 0 Å². The van der Waals surface area contributed by atoms with Gasteiger partial charge in [-0.1, -0.05) is 0 Å². The molecule has 0 saturated heterocycles. The average molecular weight is 424 g/mol. The Morgan fingerprint density at radius 3 is 2.77 bits per heavy atom. The minimum atomic E-state index is -3.90. The molecule has 0 aliphatic heterocycles. The first-order chi connectivity index (χ1) is 14.5. The third-order valence-corrected chi connectivity index (χ3v) is 6.52. The Labute approximate surface area is 173 Å². The molecule has 30 heavy (non-hydrogen) atoms. The van der Waals surface area contributed by atoms with E-state index in [2.05, 4.69) is 19.9 Å². The van der Waals surface area contributed by atoms with Crippen LogP contribution in [0.2, 0.25) is 0 Å². The highest BCUT2D eigenvalue weighted by atomic mass is 32.2. The molecule has 9 nitrogen and oxygen atoms in total. The molecule has 0 unspecified atom stereocenters. The van der Waals surface area contributed by atoms with E-state index in [1.54, 1.807) is 34.9 Å². The number of ether oxygens (including phenoxy) is 1. The summed E-state index contributed by atoms with van der Waals surface area (Å²) in [4.78, 5) is 4.45. The number of pyridine rings is 1. The van der Waals surface area contributed by atoms with Crippen LogP contribution < -0.4 is 9.46 Å². The fraction of sp³-hybridized carbons (Fsp3) is 0.250. The predicted octanol–water partition coefficient (Wildman–Crippen LogP) is 2.84. The van der Waals surface area contributed by atoms with E-state index in [0.717, 1.165) is 29.6 Å². The Bertz CT molecular complexity index is 1350. The third-order valence-electron chi connectivity index (χ3n) is 5.21. The van der Waals surface area contributed by atoms with Crippen molar-refractivity contribution in [2.45, 2.75) is 23.7 Å². The zero-order valence-electron chi connectivity index (χ0n) is 16.5. The molecule has 1 saturated carbocycles. The minimum absolute atomic E-state index is 0.0495. The predicted molar refractivity (Wildman–Crippen MR) is 111 cm³/mol. The number of fused-ring (bicyclic) bond motifs is 1. The maximum absolute atomic E-state index is 13.1. The average Bonchev–Trinajstić information content (AvgIpc) is 3.34. The normalized spacial score (nSPS) is 14.2. The molecule has 0 atom stereocenters. The molecule has 0 bridgehead atoms. The summed E-state index contributed by atoms with van der Waals surface area (Å²) in [7, 11) is -0.661. The number of benzene rings is 1. The van der Waals surface area contributed by atoms with Crippen LogP contribution >= 0.6 is 0 Å². The van der Waals surface area contributed by atoms with Crippen LogP contribution in [0, 0.1) is 0 Å². The summed E-state index contributed by atoms with van der Waals surface area (Å²) in [6, 6.07) is 7.30. The number of methoxy groups -OCH3 is 1. The van der Waals surface area contributed by atoms with Gasteiger partial charge >= 0.3 is 0 Å². The largest absolute Gasteiger partial charge is 0.494 e. The Balaban J connectivity index is 1.51. The summed E-state index contributed by atoms with van der Waals surface area (Å²) in [5.41, 5.74) is 2.76. The second-order valence-corrected chi connectivity index (χ2v) is 8.97. The summed E-state index contributed by atoms with van der Waals surface area (Å²) in [5.74, 6) is 0.905. The molecule has 4 aromatic rings. The molecule has 1 aromatic carbocycles. The highest BCUT2D eigenvalue weighted by Crippen LogP contribution is 2.39. The van der Waals surface area contributed by atoms with E-state index in [0.29, 0.717) is 22.9 Å². The summed E-state index contributed by atoms with van der Waals surface area (Å²) >= 11 is 0. The first kappa shape index (κ1) is 18.6. The van der Waals surface area contributed by atoms with Crippen LogP contribution in [0.5, 0.6) is 5.75 Å². The van der Waals surface area contributed by atoms with Gasteiger partial charge in [0.2, 0.25) is 0 Å². The molecular formula is C20H20N6O3S. The number of hydrogen-bond donors (Lipinski definition) is 1. The lowest BCUT2D eigenvalue weighted by Gasteiger charge is -2.13. The number of nitrogens with one attached hydrogen (secondary N) is 1. The molecule has 1 aliphatic rings. The zero-order chi connectivity index (χ0) is 20.9. The Hall–Kier alpha value is -3.40. The van der Waals surface area contributed by atoms with Gasteiger partial charge in [0.1, 0.15) is 16.3 Å². The first-order valence-corrected chi connectivity index (χ1v) is 11.0. The van der Waals surface area contributed by atoms with Gasteiger partial charge < -0.3 is 4.74 Å². The zero-order valence-corrected chi connectivity index (χ0v) is 17.3. The fourth-order valence-electron chi connectivity index (χ4n) is 3.48. The first-order valence-electron chi connectivity index (χ1n) is 9.49. The van der Waals surface area contributed by atoms with E-state index in [9.17, 15) is 8.42 Å². The smallest absolute Gasteiger partial charge is 0.265 e. The van der Waals surface area contributed by atoms with E-state index in [1.807, 2.05) is 18.2 Å². The van der Waals surface area contributed by atoms with Gasteiger partial charge in [-0.05, 0) is 37.1 Å². The second kappa shape index (κ2) is 6.84. The van der Waals surface area contributed by atoms with E-state index in [-0.39, 0.29) is 4.90 Å². The highest BCUT2D eigenvalue weighted by molar-refractivity contribution is 7.92. The lowest BCUT2D eigenvalue weighted by molar-refractivity contribution is 0.417. The summed E-state index contributed by atoms with van der Waals surface area (Å²) in [6.45, 7) is 0.